The fourth-order valence-electron chi connectivity index (χ4n) is 3.58. The van der Waals surface area contributed by atoms with Gasteiger partial charge in [-0.25, -0.2) is 19.7 Å². The predicted molar refractivity (Wildman–Crippen MR) is 120 cm³/mol. The van der Waals surface area contributed by atoms with Crippen LogP contribution in [0.25, 0.3) is 11.2 Å². The van der Waals surface area contributed by atoms with Crippen molar-refractivity contribution in [1.29, 1.82) is 0 Å². The van der Waals surface area contributed by atoms with Crippen molar-refractivity contribution in [3.05, 3.63) is 12.2 Å². The lowest BCUT2D eigenvalue weighted by Gasteiger charge is -2.17. The largest absolute Gasteiger partial charge is 0.453 e. The van der Waals surface area contributed by atoms with Gasteiger partial charge in [0.25, 0.3) is 5.91 Å². The molecule has 2 amide bonds. The molecular weight excluding hydrogens is 462 g/mol. The average molecular weight is 489 g/mol. The highest BCUT2D eigenvalue weighted by molar-refractivity contribution is 5.83. The Hall–Kier alpha value is -3.51. The molecule has 14 nitrogen and oxygen atoms in total. The van der Waals surface area contributed by atoms with Gasteiger partial charge in [0.2, 0.25) is 5.82 Å². The Morgan fingerprint density at radius 3 is 2.77 bits per heavy atom. The van der Waals surface area contributed by atoms with Crippen LogP contribution in [0.3, 0.4) is 0 Å². The Bertz CT molecular complexity index is 1160. The van der Waals surface area contributed by atoms with Crippen molar-refractivity contribution in [3.63, 3.8) is 0 Å². The first kappa shape index (κ1) is 24.6. The number of ether oxygens (including phenoxy) is 3. The number of nitrogen functional groups attached to an aromatic ring is 1. The van der Waals surface area contributed by atoms with E-state index >= 15 is 0 Å². The topological polar surface area (TPSA) is 187 Å². The van der Waals surface area contributed by atoms with E-state index in [0.717, 1.165) is 12.8 Å². The first-order chi connectivity index (χ1) is 16.8. The van der Waals surface area contributed by atoms with Gasteiger partial charge in [0.05, 0.1) is 26.6 Å². The zero-order chi connectivity index (χ0) is 25.1. The van der Waals surface area contributed by atoms with Crippen molar-refractivity contribution in [3.8, 4) is 11.8 Å². The van der Waals surface area contributed by atoms with Crippen molar-refractivity contribution in [1.82, 2.24) is 29.7 Å². The third-order valence-electron chi connectivity index (χ3n) is 5.61. The van der Waals surface area contributed by atoms with E-state index in [2.05, 4.69) is 32.1 Å². The number of fused-ring (bicyclic) bond motifs is 1. The number of nitrogens with zero attached hydrogens (tertiary/aromatic N) is 5. The molecule has 35 heavy (non-hydrogen) atoms. The van der Waals surface area contributed by atoms with Crippen LogP contribution < -0.4 is 11.1 Å². The number of aromatic nitrogens is 4. The monoisotopic (exact) mass is 489 g/mol. The van der Waals surface area contributed by atoms with Crippen LogP contribution in [0.5, 0.6) is 0 Å². The van der Waals surface area contributed by atoms with E-state index in [0.29, 0.717) is 6.61 Å². The number of imidazole rings is 1. The number of anilines is 1. The Morgan fingerprint density at radius 2 is 2.09 bits per heavy atom. The summed E-state index contributed by atoms with van der Waals surface area (Å²) >= 11 is 0. The highest BCUT2D eigenvalue weighted by atomic mass is 16.6. The van der Waals surface area contributed by atoms with Crippen LogP contribution in [0.1, 0.15) is 24.9 Å². The molecule has 2 aromatic heterocycles. The van der Waals surface area contributed by atoms with Gasteiger partial charge in [-0.15, -0.1) is 0 Å². The van der Waals surface area contributed by atoms with E-state index in [1.807, 2.05) is 0 Å². The third kappa shape index (κ3) is 5.28. The van der Waals surface area contributed by atoms with E-state index in [1.54, 1.807) is 0 Å². The summed E-state index contributed by atoms with van der Waals surface area (Å²) in [7, 11) is 2.78. The number of carbonyl (C=O) groups is 2. The molecule has 2 aromatic rings. The van der Waals surface area contributed by atoms with Crippen molar-refractivity contribution in [2.45, 2.75) is 43.4 Å². The number of aliphatic hydroxyl groups excluding tert-OH is 2. The number of nitrogens with two attached hydrogens (primary N) is 1. The summed E-state index contributed by atoms with van der Waals surface area (Å²) in [5.41, 5.74) is 6.46. The second-order valence-electron chi connectivity index (χ2n) is 8.15. The van der Waals surface area contributed by atoms with Crippen molar-refractivity contribution >= 4 is 29.0 Å². The molecule has 4 atom stereocenters. The Balaban J connectivity index is 1.56. The lowest BCUT2D eigenvalue weighted by atomic mass is 10.1. The molecule has 1 saturated carbocycles. The maximum Gasteiger partial charge on any atom is 0.410 e. The molecule has 1 aliphatic carbocycles. The molecule has 0 bridgehead atoms. The van der Waals surface area contributed by atoms with Crippen molar-refractivity contribution in [2.24, 2.45) is 0 Å². The number of nitrogens with one attached hydrogen (secondary N) is 1. The van der Waals surface area contributed by atoms with Crippen molar-refractivity contribution in [2.75, 3.05) is 39.6 Å². The molecule has 0 aromatic carbocycles. The number of hydrogen-bond acceptors (Lipinski definition) is 11. The molecule has 0 spiro atoms. The quantitative estimate of drug-likeness (QED) is 0.327. The van der Waals surface area contributed by atoms with Crippen LogP contribution >= 0.6 is 0 Å². The van der Waals surface area contributed by atoms with E-state index in [1.165, 1.54) is 30.0 Å². The lowest BCUT2D eigenvalue weighted by Crippen LogP contribution is -2.43. The normalized spacial score (nSPS) is 23.5. The number of rotatable bonds is 7. The Labute approximate surface area is 200 Å². The number of hydrogen-bond donors (Lipinski definition) is 4. The standard InChI is InChI=1S/C21H27N7O7/c1-33-9-8-27(21(32)34-2)7-3-4-12-25-17(22)13-18(26-12)28(10-23-13)20-15(30)14(29)16(35-20)19(31)24-11-5-6-11/h10-11,14-16,20,29-30H,5-9H2,1-2H3,(H,24,31)(H2,22,25,26)/t14?,15?,16-,20+/m0/s1. The molecule has 4 rings (SSSR count). The maximum absolute atomic E-state index is 12.4. The maximum atomic E-state index is 12.4. The van der Waals surface area contributed by atoms with Gasteiger partial charge >= 0.3 is 6.09 Å². The molecule has 3 heterocycles. The minimum atomic E-state index is -1.44. The number of aliphatic hydroxyl groups is 2. The number of methoxy groups -OCH3 is 2. The molecule has 2 fully saturated rings. The van der Waals surface area contributed by atoms with Gasteiger partial charge < -0.3 is 35.5 Å². The van der Waals surface area contributed by atoms with Gasteiger partial charge in [-0.3, -0.25) is 14.3 Å². The second kappa shape index (κ2) is 10.4. The average Bonchev–Trinajstić information content (AvgIpc) is 3.48. The SMILES string of the molecule is COCCN(CC#Cc1nc(N)c2ncn([C@@H]3O[C@H](C(=O)NC4CC4)C(O)C3O)c2n1)C(=O)OC. The predicted octanol–water partition coefficient (Wildman–Crippen LogP) is -1.63. The molecule has 188 valence electrons. The third-order valence-corrected chi connectivity index (χ3v) is 5.61. The first-order valence-corrected chi connectivity index (χ1v) is 11.0. The second-order valence-corrected chi connectivity index (χ2v) is 8.15. The van der Waals surface area contributed by atoms with E-state index in [4.69, 9.17) is 19.9 Å². The minimum absolute atomic E-state index is 0.0328. The lowest BCUT2D eigenvalue weighted by molar-refractivity contribution is -0.137. The van der Waals surface area contributed by atoms with Crippen molar-refractivity contribution < 1.29 is 34.0 Å². The zero-order valence-corrected chi connectivity index (χ0v) is 19.2. The minimum Gasteiger partial charge on any atom is -0.453 e. The van der Waals surface area contributed by atoms with E-state index in [-0.39, 0.29) is 41.9 Å². The molecule has 14 heteroatoms. The first-order valence-electron chi connectivity index (χ1n) is 11.0. The highest BCUT2D eigenvalue weighted by Gasteiger charge is 2.48. The summed E-state index contributed by atoms with van der Waals surface area (Å²) in [6.45, 7) is 0.618. The van der Waals surface area contributed by atoms with Gasteiger partial charge in [-0.1, -0.05) is 5.92 Å². The van der Waals surface area contributed by atoms with Crippen LogP contribution in [-0.2, 0) is 19.0 Å². The van der Waals surface area contributed by atoms with Gasteiger partial charge in [0.1, 0.15) is 17.7 Å². The molecule has 1 aliphatic heterocycles. The molecule has 1 saturated heterocycles. The summed E-state index contributed by atoms with van der Waals surface area (Å²) in [5, 5.41) is 23.7. The van der Waals surface area contributed by atoms with E-state index < -0.39 is 36.5 Å². The van der Waals surface area contributed by atoms with Gasteiger partial charge in [0, 0.05) is 19.7 Å². The van der Waals surface area contributed by atoms with Gasteiger partial charge in [-0.2, -0.15) is 0 Å². The summed E-state index contributed by atoms with van der Waals surface area (Å²) < 4.78 is 16.8. The summed E-state index contributed by atoms with van der Waals surface area (Å²) in [5.74, 6) is 5.14. The zero-order valence-electron chi connectivity index (χ0n) is 19.2. The van der Waals surface area contributed by atoms with E-state index in [9.17, 15) is 19.8 Å². The molecule has 2 unspecified atom stereocenters. The van der Waals surface area contributed by atoms with Gasteiger partial charge in [0.15, 0.2) is 23.8 Å². The number of amides is 2. The summed E-state index contributed by atoms with van der Waals surface area (Å²) in [4.78, 5) is 38.3. The highest BCUT2D eigenvalue weighted by Crippen LogP contribution is 2.33. The molecule has 0 radical (unpaired) electrons. The van der Waals surface area contributed by atoms with Crippen LogP contribution in [0.15, 0.2) is 6.33 Å². The summed E-state index contributed by atoms with van der Waals surface area (Å²) in [6, 6.07) is 0.0712. The van der Waals surface area contributed by atoms with Crippen LogP contribution in [0.2, 0.25) is 0 Å². The fraction of sp³-hybridized carbons (Fsp3) is 0.571. The van der Waals surface area contributed by atoms with Crippen LogP contribution in [0, 0.1) is 11.8 Å². The smallest absolute Gasteiger partial charge is 0.410 e. The molecule has 5 N–H and O–H groups in total. The van der Waals surface area contributed by atoms with Gasteiger partial charge in [-0.05, 0) is 18.8 Å². The molecular formula is C21H27N7O7. The fourth-order valence-corrected chi connectivity index (χ4v) is 3.58. The molecule has 2 aliphatic rings. The number of carbonyl (C=O) groups excluding carboxylic acids is 2. The van der Waals surface area contributed by atoms with Crippen LogP contribution in [0.4, 0.5) is 10.6 Å². The van der Waals surface area contributed by atoms with Crippen LogP contribution in [-0.4, -0.2) is 105 Å². The Kier molecular flexibility index (Phi) is 7.31. The Morgan fingerprint density at radius 1 is 1.31 bits per heavy atom. The summed E-state index contributed by atoms with van der Waals surface area (Å²) in [6.07, 6.45) is -2.72.